The fraction of sp³-hybridized carbons (Fsp3) is 0.750. The lowest BCUT2D eigenvalue weighted by Crippen LogP contribution is -2.46. The van der Waals surface area contributed by atoms with Gasteiger partial charge in [0.05, 0.1) is 5.69 Å². The second-order valence-corrected chi connectivity index (χ2v) is 6.52. The van der Waals surface area contributed by atoms with Crippen molar-refractivity contribution >= 4 is 6.03 Å². The molecule has 5 heteroatoms. The molecule has 1 aromatic rings. The molecule has 0 unspecified atom stereocenters. The number of hydrogen-bond acceptors (Lipinski definition) is 2. The van der Waals surface area contributed by atoms with E-state index in [1.165, 1.54) is 24.1 Å². The van der Waals surface area contributed by atoms with Crippen molar-refractivity contribution in [2.45, 2.75) is 59.0 Å². The summed E-state index contributed by atoms with van der Waals surface area (Å²) in [6.45, 7) is 8.29. The Morgan fingerprint density at radius 1 is 1.43 bits per heavy atom. The van der Waals surface area contributed by atoms with Gasteiger partial charge >= 0.3 is 6.03 Å². The molecule has 2 atom stereocenters. The van der Waals surface area contributed by atoms with Crippen molar-refractivity contribution in [3.05, 3.63) is 17.0 Å². The highest BCUT2D eigenvalue weighted by Crippen LogP contribution is 2.34. The monoisotopic (exact) mass is 292 g/mol. The van der Waals surface area contributed by atoms with Crippen molar-refractivity contribution < 1.29 is 4.79 Å². The van der Waals surface area contributed by atoms with E-state index in [0.717, 1.165) is 12.1 Å². The Morgan fingerprint density at radius 3 is 2.52 bits per heavy atom. The first-order valence-electron chi connectivity index (χ1n) is 7.83. The van der Waals surface area contributed by atoms with E-state index in [4.69, 9.17) is 0 Å². The maximum absolute atomic E-state index is 12.3. The van der Waals surface area contributed by atoms with Crippen LogP contribution >= 0.6 is 0 Å². The van der Waals surface area contributed by atoms with Crippen LogP contribution in [0.5, 0.6) is 0 Å². The summed E-state index contributed by atoms with van der Waals surface area (Å²) < 4.78 is 1.90. The highest BCUT2D eigenvalue weighted by Gasteiger charge is 2.32. The van der Waals surface area contributed by atoms with Gasteiger partial charge in [-0.2, -0.15) is 5.10 Å². The molecular weight excluding hydrogens is 264 g/mol. The molecule has 2 rings (SSSR count). The van der Waals surface area contributed by atoms with Gasteiger partial charge in [-0.25, -0.2) is 4.79 Å². The third kappa shape index (κ3) is 3.57. The molecular formula is C16H28N4O. The van der Waals surface area contributed by atoms with Gasteiger partial charge in [-0.3, -0.25) is 4.68 Å². The van der Waals surface area contributed by atoms with Crippen molar-refractivity contribution in [3.63, 3.8) is 0 Å². The predicted molar refractivity (Wildman–Crippen MR) is 84.3 cm³/mol. The number of hydrogen-bond donors (Lipinski definition) is 1. The third-order valence-electron chi connectivity index (χ3n) is 4.77. The van der Waals surface area contributed by atoms with Gasteiger partial charge in [0.2, 0.25) is 0 Å². The van der Waals surface area contributed by atoms with Crippen LogP contribution < -0.4 is 5.32 Å². The summed E-state index contributed by atoms with van der Waals surface area (Å²) in [4.78, 5) is 14.1. The first-order valence-corrected chi connectivity index (χ1v) is 7.83. The largest absolute Gasteiger partial charge is 0.335 e. The molecule has 0 saturated heterocycles. The maximum atomic E-state index is 12.3. The molecule has 1 heterocycles. The highest BCUT2D eigenvalue weighted by atomic mass is 16.2. The Hall–Kier alpha value is -1.52. The lowest BCUT2D eigenvalue weighted by atomic mass is 10.1. The molecule has 2 amide bonds. The SMILES string of the molecule is Cc1nn(C)c(C)c1C[C@H](C)NC(=O)N(C)[C@@H](C)C1CC1. The molecule has 1 aromatic heterocycles. The van der Waals surface area contributed by atoms with Crippen LogP contribution in [0.4, 0.5) is 4.79 Å². The van der Waals surface area contributed by atoms with E-state index in [1.807, 2.05) is 30.6 Å². The lowest BCUT2D eigenvalue weighted by molar-refractivity contribution is 0.184. The summed E-state index contributed by atoms with van der Waals surface area (Å²) >= 11 is 0. The van der Waals surface area contributed by atoms with Crippen molar-refractivity contribution in [2.24, 2.45) is 13.0 Å². The van der Waals surface area contributed by atoms with E-state index in [0.29, 0.717) is 12.0 Å². The number of aromatic nitrogens is 2. The number of nitrogens with one attached hydrogen (secondary N) is 1. The Labute approximate surface area is 127 Å². The zero-order valence-electron chi connectivity index (χ0n) is 14.1. The van der Waals surface area contributed by atoms with Gasteiger partial charge in [-0.1, -0.05) is 0 Å². The van der Waals surface area contributed by atoms with Crippen LogP contribution in [0.15, 0.2) is 0 Å². The lowest BCUT2D eigenvalue weighted by Gasteiger charge is -2.27. The van der Waals surface area contributed by atoms with Crippen molar-refractivity contribution in [1.29, 1.82) is 0 Å². The molecule has 0 radical (unpaired) electrons. The number of amides is 2. The maximum Gasteiger partial charge on any atom is 0.317 e. The summed E-state index contributed by atoms with van der Waals surface area (Å²) in [5.74, 6) is 0.693. The molecule has 1 aliphatic rings. The van der Waals surface area contributed by atoms with Gasteiger partial charge in [-0.15, -0.1) is 0 Å². The summed E-state index contributed by atoms with van der Waals surface area (Å²) in [6, 6.07) is 0.466. The molecule has 0 bridgehead atoms. The predicted octanol–water partition coefficient (Wildman–Crippen LogP) is 2.41. The Morgan fingerprint density at radius 2 is 2.05 bits per heavy atom. The average Bonchev–Trinajstić information content (AvgIpc) is 3.23. The Kier molecular flexibility index (Phi) is 4.59. The van der Waals surface area contributed by atoms with E-state index in [1.54, 1.807) is 0 Å². The van der Waals surface area contributed by atoms with E-state index < -0.39 is 0 Å². The number of nitrogens with zero attached hydrogens (tertiary/aromatic N) is 3. The molecule has 1 saturated carbocycles. The molecule has 0 aromatic carbocycles. The second kappa shape index (κ2) is 6.08. The quantitative estimate of drug-likeness (QED) is 0.906. The zero-order valence-corrected chi connectivity index (χ0v) is 14.1. The molecule has 1 N–H and O–H groups in total. The smallest absolute Gasteiger partial charge is 0.317 e. The molecule has 0 spiro atoms. The van der Waals surface area contributed by atoms with Crippen LogP contribution in [0.25, 0.3) is 0 Å². The first kappa shape index (κ1) is 15.9. The van der Waals surface area contributed by atoms with E-state index in [2.05, 4.69) is 31.2 Å². The van der Waals surface area contributed by atoms with Gasteiger partial charge in [0.15, 0.2) is 0 Å². The summed E-state index contributed by atoms with van der Waals surface area (Å²) in [6.07, 6.45) is 3.33. The number of carbonyl (C=O) groups excluding carboxylic acids is 1. The van der Waals surface area contributed by atoms with Crippen LogP contribution in [0.1, 0.15) is 43.6 Å². The molecule has 1 aliphatic carbocycles. The third-order valence-corrected chi connectivity index (χ3v) is 4.77. The minimum absolute atomic E-state index is 0.0288. The summed E-state index contributed by atoms with van der Waals surface area (Å²) in [5.41, 5.74) is 3.47. The van der Waals surface area contributed by atoms with Gasteiger partial charge in [-0.05, 0) is 58.4 Å². The fourth-order valence-corrected chi connectivity index (χ4v) is 2.86. The minimum atomic E-state index is 0.0288. The van der Waals surface area contributed by atoms with Gasteiger partial charge in [0.1, 0.15) is 0 Å². The topological polar surface area (TPSA) is 50.2 Å². The highest BCUT2D eigenvalue weighted by molar-refractivity contribution is 5.74. The van der Waals surface area contributed by atoms with Crippen LogP contribution in [0.3, 0.4) is 0 Å². The molecule has 21 heavy (non-hydrogen) atoms. The fourth-order valence-electron chi connectivity index (χ4n) is 2.86. The van der Waals surface area contributed by atoms with Crippen LogP contribution in [0.2, 0.25) is 0 Å². The number of carbonyl (C=O) groups is 1. The number of urea groups is 1. The van der Waals surface area contributed by atoms with E-state index >= 15 is 0 Å². The summed E-state index contributed by atoms with van der Waals surface area (Å²) in [7, 11) is 3.85. The van der Waals surface area contributed by atoms with Crippen LogP contribution in [-0.2, 0) is 13.5 Å². The van der Waals surface area contributed by atoms with Crippen LogP contribution in [-0.4, -0.2) is 39.8 Å². The van der Waals surface area contributed by atoms with Crippen LogP contribution in [0, 0.1) is 19.8 Å². The van der Waals surface area contributed by atoms with Gasteiger partial charge < -0.3 is 10.2 Å². The molecule has 0 aliphatic heterocycles. The minimum Gasteiger partial charge on any atom is -0.335 e. The van der Waals surface area contributed by atoms with Crippen molar-refractivity contribution in [1.82, 2.24) is 20.0 Å². The van der Waals surface area contributed by atoms with E-state index in [9.17, 15) is 4.79 Å². The summed E-state index contributed by atoms with van der Waals surface area (Å²) in [5, 5.41) is 7.54. The average molecular weight is 292 g/mol. The Bertz CT molecular complexity index is 519. The normalized spacial score (nSPS) is 17.4. The molecule has 1 fully saturated rings. The van der Waals surface area contributed by atoms with Gasteiger partial charge in [0, 0.05) is 31.9 Å². The second-order valence-electron chi connectivity index (χ2n) is 6.52. The Balaban J connectivity index is 1.91. The standard InChI is InChI=1S/C16H28N4O/c1-10(9-15-11(2)18-20(6)13(15)4)17-16(21)19(5)12(3)14-7-8-14/h10,12,14H,7-9H2,1-6H3,(H,17,21)/t10-,12-/m0/s1. The molecule has 5 nitrogen and oxygen atoms in total. The molecule has 118 valence electrons. The van der Waals surface area contributed by atoms with Crippen molar-refractivity contribution in [2.75, 3.05) is 7.05 Å². The number of rotatable bonds is 5. The van der Waals surface area contributed by atoms with Gasteiger partial charge in [0.25, 0.3) is 0 Å². The first-order chi connectivity index (χ1) is 9.81. The zero-order chi connectivity index (χ0) is 15.7. The van der Waals surface area contributed by atoms with E-state index in [-0.39, 0.29) is 12.1 Å². The van der Waals surface area contributed by atoms with Crippen molar-refractivity contribution in [3.8, 4) is 0 Å². The number of aryl methyl sites for hydroxylation is 2.